The second-order valence-electron chi connectivity index (χ2n) is 3.33. The minimum atomic E-state index is 0.546. The number of fused-ring (bicyclic) bond motifs is 1. The first-order chi connectivity index (χ1) is 6.72. The lowest BCUT2D eigenvalue weighted by Crippen LogP contribution is -1.96. The van der Waals surface area contributed by atoms with Crippen LogP contribution in [0.3, 0.4) is 0 Å². The summed E-state index contributed by atoms with van der Waals surface area (Å²) in [7, 11) is 0. The van der Waals surface area contributed by atoms with Crippen molar-refractivity contribution in [3.8, 4) is 0 Å². The highest BCUT2D eigenvalue weighted by atomic mass is 14.8. The van der Waals surface area contributed by atoms with Crippen molar-refractivity contribution in [3.05, 3.63) is 30.0 Å². The molecule has 4 N–H and O–H groups in total. The number of pyridine rings is 1. The average molecular weight is 187 g/mol. The van der Waals surface area contributed by atoms with Crippen LogP contribution in [0.1, 0.15) is 12.5 Å². The van der Waals surface area contributed by atoms with Gasteiger partial charge in [-0.05, 0) is 18.1 Å². The molecule has 14 heavy (non-hydrogen) atoms. The minimum absolute atomic E-state index is 0.546. The number of hydrogen-bond acceptors (Lipinski definition) is 3. The van der Waals surface area contributed by atoms with Gasteiger partial charge in [-0.15, -0.1) is 0 Å². The lowest BCUT2D eigenvalue weighted by atomic mass is 10.1. The molecule has 3 heteroatoms. The number of benzene rings is 1. The number of rotatable bonds is 1. The number of nitrogen functional groups attached to an aromatic ring is 2. The van der Waals surface area contributed by atoms with Crippen molar-refractivity contribution in [1.82, 2.24) is 4.98 Å². The molecule has 0 fully saturated rings. The number of nitrogens with two attached hydrogens (primary N) is 2. The summed E-state index contributed by atoms with van der Waals surface area (Å²) in [6, 6.07) is 6.12. The molecule has 0 spiro atoms. The van der Waals surface area contributed by atoms with Crippen molar-refractivity contribution in [2.75, 3.05) is 11.5 Å². The maximum absolute atomic E-state index is 5.80. The standard InChI is InChI=1S/C11H13N3/c1-2-7-3-4-8-9(5-7)11(13)14-6-10(8)12/h3-6H,2,12H2,1H3,(H2,13,14). The fraction of sp³-hybridized carbons (Fsp3) is 0.182. The molecule has 2 aromatic rings. The van der Waals surface area contributed by atoms with Crippen LogP contribution in [-0.4, -0.2) is 4.98 Å². The van der Waals surface area contributed by atoms with Crippen molar-refractivity contribution in [2.45, 2.75) is 13.3 Å². The Bertz CT molecular complexity index is 477. The van der Waals surface area contributed by atoms with Crippen molar-refractivity contribution in [2.24, 2.45) is 0 Å². The normalized spacial score (nSPS) is 10.6. The zero-order valence-electron chi connectivity index (χ0n) is 8.12. The Labute approximate surface area is 82.7 Å². The molecule has 1 aromatic heterocycles. The van der Waals surface area contributed by atoms with Gasteiger partial charge in [-0.3, -0.25) is 0 Å². The van der Waals surface area contributed by atoms with Gasteiger partial charge in [0.15, 0.2) is 0 Å². The molecule has 1 heterocycles. The molecule has 0 saturated carbocycles. The van der Waals surface area contributed by atoms with Gasteiger partial charge in [0.1, 0.15) is 5.82 Å². The Balaban J connectivity index is 2.80. The van der Waals surface area contributed by atoms with Crippen molar-refractivity contribution in [1.29, 1.82) is 0 Å². The van der Waals surface area contributed by atoms with E-state index in [0.717, 1.165) is 17.2 Å². The van der Waals surface area contributed by atoms with Crippen molar-refractivity contribution < 1.29 is 0 Å². The molecule has 2 rings (SSSR count). The van der Waals surface area contributed by atoms with E-state index in [9.17, 15) is 0 Å². The Morgan fingerprint density at radius 3 is 2.71 bits per heavy atom. The van der Waals surface area contributed by atoms with Crippen LogP contribution < -0.4 is 11.5 Å². The fourth-order valence-electron chi connectivity index (χ4n) is 1.55. The summed E-state index contributed by atoms with van der Waals surface area (Å²) in [5.41, 5.74) is 13.5. The highest BCUT2D eigenvalue weighted by Crippen LogP contribution is 2.25. The first-order valence-electron chi connectivity index (χ1n) is 4.65. The molecule has 0 aliphatic heterocycles. The monoisotopic (exact) mass is 187 g/mol. The van der Waals surface area contributed by atoms with Crippen LogP contribution in [0, 0.1) is 0 Å². The molecule has 0 unspecified atom stereocenters. The summed E-state index contributed by atoms with van der Waals surface area (Å²) in [6.07, 6.45) is 2.59. The largest absolute Gasteiger partial charge is 0.397 e. The van der Waals surface area contributed by atoms with Crippen LogP contribution in [0.5, 0.6) is 0 Å². The zero-order chi connectivity index (χ0) is 10.1. The fourth-order valence-corrected chi connectivity index (χ4v) is 1.55. The smallest absolute Gasteiger partial charge is 0.131 e. The molecule has 72 valence electrons. The van der Waals surface area contributed by atoms with Crippen LogP contribution in [0.25, 0.3) is 10.8 Å². The second-order valence-corrected chi connectivity index (χ2v) is 3.33. The first kappa shape index (κ1) is 8.81. The SMILES string of the molecule is CCc1ccc2c(N)cnc(N)c2c1. The molecule has 0 atom stereocenters. The van der Waals surface area contributed by atoms with Crippen LogP contribution >= 0.6 is 0 Å². The van der Waals surface area contributed by atoms with Gasteiger partial charge in [0.05, 0.1) is 11.9 Å². The van der Waals surface area contributed by atoms with E-state index in [2.05, 4.69) is 18.0 Å². The van der Waals surface area contributed by atoms with Crippen molar-refractivity contribution in [3.63, 3.8) is 0 Å². The van der Waals surface area contributed by atoms with Crippen LogP contribution in [0.4, 0.5) is 11.5 Å². The lowest BCUT2D eigenvalue weighted by molar-refractivity contribution is 1.15. The van der Waals surface area contributed by atoms with Crippen LogP contribution in [0.15, 0.2) is 24.4 Å². The Morgan fingerprint density at radius 2 is 2.00 bits per heavy atom. The third-order valence-electron chi connectivity index (χ3n) is 2.42. The minimum Gasteiger partial charge on any atom is -0.397 e. The van der Waals surface area contributed by atoms with Gasteiger partial charge < -0.3 is 11.5 Å². The molecular formula is C11H13N3. The number of anilines is 2. The van der Waals surface area contributed by atoms with E-state index in [0.29, 0.717) is 11.5 Å². The summed E-state index contributed by atoms with van der Waals surface area (Å²) in [6.45, 7) is 2.11. The summed E-state index contributed by atoms with van der Waals surface area (Å²) in [4.78, 5) is 4.04. The van der Waals surface area contributed by atoms with E-state index >= 15 is 0 Å². The second kappa shape index (κ2) is 3.18. The van der Waals surface area contributed by atoms with Crippen molar-refractivity contribution >= 4 is 22.3 Å². The molecule has 1 aromatic carbocycles. The quantitative estimate of drug-likeness (QED) is 0.717. The summed E-state index contributed by atoms with van der Waals surface area (Å²) in [5.74, 6) is 0.546. The van der Waals surface area contributed by atoms with E-state index in [1.807, 2.05) is 12.1 Å². The third kappa shape index (κ3) is 1.27. The Hall–Kier alpha value is -1.77. The maximum atomic E-state index is 5.80. The molecule has 0 radical (unpaired) electrons. The maximum Gasteiger partial charge on any atom is 0.131 e. The number of nitrogens with zero attached hydrogens (tertiary/aromatic N) is 1. The molecule has 0 saturated heterocycles. The summed E-state index contributed by atoms with van der Waals surface area (Å²) in [5, 5.41) is 1.93. The van der Waals surface area contributed by atoms with Gasteiger partial charge in [0.2, 0.25) is 0 Å². The Morgan fingerprint density at radius 1 is 1.21 bits per heavy atom. The van der Waals surface area contributed by atoms with E-state index in [4.69, 9.17) is 11.5 Å². The zero-order valence-corrected chi connectivity index (χ0v) is 8.12. The third-order valence-corrected chi connectivity index (χ3v) is 2.42. The Kier molecular flexibility index (Phi) is 2.00. The molecule has 0 amide bonds. The lowest BCUT2D eigenvalue weighted by Gasteiger charge is -2.05. The van der Waals surface area contributed by atoms with Gasteiger partial charge in [0, 0.05) is 10.8 Å². The van der Waals surface area contributed by atoms with E-state index in [1.165, 1.54) is 5.56 Å². The van der Waals surface area contributed by atoms with Gasteiger partial charge >= 0.3 is 0 Å². The molecular weight excluding hydrogens is 174 g/mol. The average Bonchev–Trinajstić information content (AvgIpc) is 2.23. The van der Waals surface area contributed by atoms with E-state index < -0.39 is 0 Å². The topological polar surface area (TPSA) is 64.9 Å². The number of aromatic nitrogens is 1. The number of hydrogen-bond donors (Lipinski definition) is 2. The van der Waals surface area contributed by atoms with Gasteiger partial charge in [0.25, 0.3) is 0 Å². The summed E-state index contributed by atoms with van der Waals surface area (Å²) < 4.78 is 0. The predicted octanol–water partition coefficient (Wildman–Crippen LogP) is 1.96. The number of aryl methyl sites for hydroxylation is 1. The molecule has 3 nitrogen and oxygen atoms in total. The first-order valence-corrected chi connectivity index (χ1v) is 4.65. The van der Waals surface area contributed by atoms with Gasteiger partial charge in [-0.1, -0.05) is 19.1 Å². The molecule has 0 aliphatic carbocycles. The van der Waals surface area contributed by atoms with Gasteiger partial charge in [-0.2, -0.15) is 0 Å². The molecule has 0 aliphatic rings. The van der Waals surface area contributed by atoms with E-state index in [1.54, 1.807) is 6.20 Å². The predicted molar refractivity (Wildman–Crippen MR) is 59.9 cm³/mol. The van der Waals surface area contributed by atoms with Crippen LogP contribution in [-0.2, 0) is 6.42 Å². The molecule has 0 bridgehead atoms. The van der Waals surface area contributed by atoms with Crippen LogP contribution in [0.2, 0.25) is 0 Å². The highest BCUT2D eigenvalue weighted by molar-refractivity contribution is 5.98. The highest BCUT2D eigenvalue weighted by Gasteiger charge is 2.03. The summed E-state index contributed by atoms with van der Waals surface area (Å²) >= 11 is 0. The van der Waals surface area contributed by atoms with E-state index in [-0.39, 0.29) is 0 Å². The van der Waals surface area contributed by atoms with Gasteiger partial charge in [-0.25, -0.2) is 4.98 Å².